The van der Waals surface area contributed by atoms with Crippen LogP contribution in [-0.4, -0.2) is 64.1 Å². The molecule has 35 heavy (non-hydrogen) atoms. The van der Waals surface area contributed by atoms with Gasteiger partial charge < -0.3 is 20.1 Å². The summed E-state index contributed by atoms with van der Waals surface area (Å²) in [7, 11) is 3.79. The molecule has 4 rings (SSSR count). The van der Waals surface area contributed by atoms with Gasteiger partial charge in [-0.2, -0.15) is 0 Å². The molecule has 180 valence electrons. The normalized spacial score (nSPS) is 12.2. The van der Waals surface area contributed by atoms with Crippen molar-refractivity contribution in [2.24, 2.45) is 4.99 Å². The van der Waals surface area contributed by atoms with Crippen molar-refractivity contribution in [2.45, 2.75) is 19.4 Å². The van der Waals surface area contributed by atoms with Crippen molar-refractivity contribution >= 4 is 55.9 Å². The number of benzene rings is 1. The van der Waals surface area contributed by atoms with Gasteiger partial charge in [0.2, 0.25) is 0 Å². The number of amides is 1. The summed E-state index contributed by atoms with van der Waals surface area (Å²) in [5.74, 6) is 1.07. The molecule has 9 nitrogen and oxygen atoms in total. The number of hydrogen-bond acceptors (Lipinski definition) is 6. The Kier molecular flexibility index (Phi) is 7.40. The Morgan fingerprint density at radius 2 is 2.03 bits per heavy atom. The number of halogens is 1. The smallest absolute Gasteiger partial charge is 0.404 e. The van der Waals surface area contributed by atoms with Crippen molar-refractivity contribution < 1.29 is 14.6 Å². The standard InChI is InChI=1S/C25H25BrN6O3/c1-4-17(30-25(33)34)13-35-18-7-15(10-27-11-18)23-9-19-20-8-16(26)5-6-22(20)28-12-21(19)24(31-23)29-14-32(2)3/h5-12,14,17,30H,4,13H2,1-3H3,(H,33,34)/b29-14+/t17-/m1/s1. The van der Waals surface area contributed by atoms with Gasteiger partial charge in [0.1, 0.15) is 12.4 Å². The molecule has 0 saturated heterocycles. The minimum atomic E-state index is -1.08. The first kappa shape index (κ1) is 24.3. The van der Waals surface area contributed by atoms with Crippen LogP contribution in [0.15, 0.2) is 58.4 Å². The fourth-order valence-corrected chi connectivity index (χ4v) is 3.91. The lowest BCUT2D eigenvalue weighted by atomic mass is 10.0. The molecule has 0 saturated carbocycles. The van der Waals surface area contributed by atoms with E-state index in [0.29, 0.717) is 23.7 Å². The minimum absolute atomic E-state index is 0.196. The summed E-state index contributed by atoms with van der Waals surface area (Å²) in [5.41, 5.74) is 2.31. The van der Waals surface area contributed by atoms with Crippen LogP contribution in [0.5, 0.6) is 5.75 Å². The number of aromatic nitrogens is 3. The predicted octanol–water partition coefficient (Wildman–Crippen LogP) is 5.25. The van der Waals surface area contributed by atoms with E-state index in [1.165, 1.54) is 0 Å². The third-order valence-corrected chi connectivity index (χ3v) is 5.80. The molecule has 0 aliphatic heterocycles. The summed E-state index contributed by atoms with van der Waals surface area (Å²) >= 11 is 3.56. The number of ether oxygens (including phenoxy) is 1. The van der Waals surface area contributed by atoms with E-state index in [9.17, 15) is 4.79 Å². The third-order valence-electron chi connectivity index (χ3n) is 5.31. The monoisotopic (exact) mass is 536 g/mol. The maximum atomic E-state index is 11.0. The van der Waals surface area contributed by atoms with Crippen LogP contribution in [0.4, 0.5) is 10.6 Å². The number of rotatable bonds is 8. The third kappa shape index (κ3) is 5.83. The Bertz CT molecular complexity index is 1410. The van der Waals surface area contributed by atoms with Crippen LogP contribution in [0.2, 0.25) is 0 Å². The predicted molar refractivity (Wildman–Crippen MR) is 141 cm³/mol. The molecule has 0 bridgehead atoms. The van der Waals surface area contributed by atoms with Crippen LogP contribution < -0.4 is 10.1 Å². The average Bonchev–Trinajstić information content (AvgIpc) is 2.84. The second kappa shape index (κ2) is 10.6. The highest BCUT2D eigenvalue weighted by molar-refractivity contribution is 9.10. The topological polar surface area (TPSA) is 113 Å². The van der Waals surface area contributed by atoms with Crippen molar-refractivity contribution in [3.63, 3.8) is 0 Å². The summed E-state index contributed by atoms with van der Waals surface area (Å²) < 4.78 is 6.79. The first-order valence-corrected chi connectivity index (χ1v) is 11.8. The Hall–Kier alpha value is -3.79. The van der Waals surface area contributed by atoms with Crippen LogP contribution in [0.1, 0.15) is 13.3 Å². The molecule has 0 spiro atoms. The van der Waals surface area contributed by atoms with E-state index in [-0.39, 0.29) is 12.6 Å². The minimum Gasteiger partial charge on any atom is -0.490 e. The molecule has 1 amide bonds. The Morgan fingerprint density at radius 3 is 2.77 bits per heavy atom. The van der Waals surface area contributed by atoms with E-state index < -0.39 is 6.09 Å². The van der Waals surface area contributed by atoms with Crippen LogP contribution in [0, 0.1) is 0 Å². The summed E-state index contributed by atoms with van der Waals surface area (Å²) in [6.45, 7) is 2.09. The van der Waals surface area contributed by atoms with Crippen molar-refractivity contribution in [3.05, 3.63) is 53.4 Å². The quantitative estimate of drug-likeness (QED) is 0.179. The number of pyridine rings is 3. The van der Waals surface area contributed by atoms with Crippen LogP contribution in [0.3, 0.4) is 0 Å². The SMILES string of the molecule is CC[C@H](COc1cncc(-c2cc3c(cnc4ccc(Br)cc43)c(/N=C/N(C)C)n2)c1)NC(=O)O. The maximum Gasteiger partial charge on any atom is 0.404 e. The summed E-state index contributed by atoms with van der Waals surface area (Å²) in [5, 5.41) is 14.2. The fraction of sp³-hybridized carbons (Fsp3) is 0.240. The number of carboxylic acid groups (broad SMARTS) is 1. The second-order valence-corrected chi connectivity index (χ2v) is 9.11. The lowest BCUT2D eigenvalue weighted by Crippen LogP contribution is -2.37. The average molecular weight is 537 g/mol. The van der Waals surface area contributed by atoms with Crippen LogP contribution >= 0.6 is 15.9 Å². The Balaban J connectivity index is 1.78. The van der Waals surface area contributed by atoms with Gasteiger partial charge in [-0.15, -0.1) is 0 Å². The van der Waals surface area contributed by atoms with E-state index in [0.717, 1.165) is 31.7 Å². The van der Waals surface area contributed by atoms with Gasteiger partial charge in [0.25, 0.3) is 0 Å². The van der Waals surface area contributed by atoms with Gasteiger partial charge in [0.05, 0.1) is 29.8 Å². The molecule has 0 unspecified atom stereocenters. The van der Waals surface area contributed by atoms with Gasteiger partial charge >= 0.3 is 6.09 Å². The molecular weight excluding hydrogens is 512 g/mol. The van der Waals surface area contributed by atoms with Crippen molar-refractivity contribution in [3.8, 4) is 17.0 Å². The van der Waals surface area contributed by atoms with Crippen molar-refractivity contribution in [1.82, 2.24) is 25.2 Å². The lowest BCUT2D eigenvalue weighted by molar-refractivity contribution is 0.180. The Morgan fingerprint density at radius 1 is 1.20 bits per heavy atom. The summed E-state index contributed by atoms with van der Waals surface area (Å²) in [6, 6.07) is 9.48. The highest BCUT2D eigenvalue weighted by atomic mass is 79.9. The zero-order valence-electron chi connectivity index (χ0n) is 19.6. The molecule has 0 fully saturated rings. The van der Waals surface area contributed by atoms with Gasteiger partial charge in [0.15, 0.2) is 5.82 Å². The van der Waals surface area contributed by atoms with Gasteiger partial charge in [0, 0.05) is 47.3 Å². The molecule has 0 aliphatic carbocycles. The molecule has 3 aromatic heterocycles. The number of aliphatic imine (C=N–C) groups is 1. The van der Waals surface area contributed by atoms with Crippen molar-refractivity contribution in [2.75, 3.05) is 20.7 Å². The molecule has 1 atom stereocenters. The van der Waals surface area contributed by atoms with Gasteiger partial charge in [-0.05, 0) is 42.1 Å². The zero-order chi connectivity index (χ0) is 24.9. The van der Waals surface area contributed by atoms with Crippen LogP contribution in [-0.2, 0) is 0 Å². The zero-order valence-corrected chi connectivity index (χ0v) is 21.2. The fourth-order valence-electron chi connectivity index (χ4n) is 3.55. The molecule has 0 radical (unpaired) electrons. The van der Waals surface area contributed by atoms with E-state index in [4.69, 9.17) is 14.8 Å². The highest BCUT2D eigenvalue weighted by Crippen LogP contribution is 2.34. The number of nitrogens with zero attached hydrogens (tertiary/aromatic N) is 5. The van der Waals surface area contributed by atoms with Crippen molar-refractivity contribution in [1.29, 1.82) is 0 Å². The maximum absolute atomic E-state index is 11.0. The lowest BCUT2D eigenvalue weighted by Gasteiger charge is -2.16. The molecular formula is C25H25BrN6O3. The molecule has 10 heteroatoms. The van der Waals surface area contributed by atoms with Gasteiger partial charge in [-0.1, -0.05) is 22.9 Å². The van der Waals surface area contributed by atoms with Gasteiger partial charge in [-0.3, -0.25) is 9.97 Å². The summed E-state index contributed by atoms with van der Waals surface area (Å²) in [6.07, 6.45) is 6.34. The first-order valence-electron chi connectivity index (χ1n) is 11.0. The number of nitrogens with one attached hydrogen (secondary N) is 1. The van der Waals surface area contributed by atoms with E-state index in [1.54, 1.807) is 24.9 Å². The molecule has 2 N–H and O–H groups in total. The van der Waals surface area contributed by atoms with Gasteiger partial charge in [-0.25, -0.2) is 14.8 Å². The summed E-state index contributed by atoms with van der Waals surface area (Å²) in [4.78, 5) is 31.1. The highest BCUT2D eigenvalue weighted by Gasteiger charge is 2.14. The largest absolute Gasteiger partial charge is 0.490 e. The second-order valence-electron chi connectivity index (χ2n) is 8.20. The molecule has 1 aromatic carbocycles. The number of carbonyl (C=O) groups is 1. The molecule has 4 aromatic rings. The number of hydrogen-bond donors (Lipinski definition) is 2. The van der Waals surface area contributed by atoms with E-state index in [2.05, 4.69) is 36.2 Å². The number of fused-ring (bicyclic) bond motifs is 3. The van der Waals surface area contributed by atoms with E-state index >= 15 is 0 Å². The Labute approximate surface area is 211 Å². The molecule has 0 aliphatic rings. The molecule has 3 heterocycles. The van der Waals surface area contributed by atoms with Crippen LogP contribution in [0.25, 0.3) is 32.9 Å². The first-order chi connectivity index (χ1) is 16.8. The van der Waals surface area contributed by atoms with E-state index in [1.807, 2.05) is 56.3 Å².